The van der Waals surface area contributed by atoms with Crippen LogP contribution in [0.1, 0.15) is 53.6 Å². The average Bonchev–Trinajstić information content (AvgIpc) is 3.37. The van der Waals surface area contributed by atoms with Gasteiger partial charge in [0.2, 0.25) is 11.8 Å². The van der Waals surface area contributed by atoms with Crippen molar-refractivity contribution >= 4 is 50.2 Å². The number of aryl methyl sites for hydroxylation is 3. The number of amides is 2. The van der Waals surface area contributed by atoms with Crippen LogP contribution in [0.4, 0.5) is 5.82 Å². The van der Waals surface area contributed by atoms with Crippen molar-refractivity contribution in [3.8, 4) is 11.1 Å². The van der Waals surface area contributed by atoms with Crippen LogP contribution in [0.5, 0.6) is 0 Å². The molecular formula is C33H35BrN8O3. The molecule has 45 heavy (non-hydrogen) atoms. The number of carbonyl (C=O) groups excluding carboxylic acids is 3. The number of hydrogen-bond donors (Lipinski definition) is 1. The molecule has 1 N–H and O–H groups in total. The highest BCUT2D eigenvalue weighted by Crippen LogP contribution is 2.60. The maximum absolute atomic E-state index is 14.3. The Morgan fingerprint density at radius 2 is 1.78 bits per heavy atom. The van der Waals surface area contributed by atoms with E-state index in [-0.39, 0.29) is 35.6 Å². The SMILES string of the molecule is CC(=O)c1nn(CC(=O)N2[C@H](C(=O)Nc3nc(Br)ccc3C)C[C@@]3(CN4CCC4)C[C@@H]23)c2c(C)cc(-c3cnc(C)nc3)cc12. The molecule has 3 aromatic heterocycles. The number of rotatable bonds is 8. The highest BCUT2D eigenvalue weighted by molar-refractivity contribution is 9.10. The minimum atomic E-state index is -0.624. The molecule has 0 bridgehead atoms. The molecule has 0 radical (unpaired) electrons. The van der Waals surface area contributed by atoms with Crippen molar-refractivity contribution in [2.75, 3.05) is 25.0 Å². The number of anilines is 1. The Labute approximate surface area is 269 Å². The maximum Gasteiger partial charge on any atom is 0.248 e. The summed E-state index contributed by atoms with van der Waals surface area (Å²) in [4.78, 5) is 58.1. The van der Waals surface area contributed by atoms with Crippen LogP contribution in [0.15, 0.2) is 41.3 Å². The molecule has 1 aromatic carbocycles. The van der Waals surface area contributed by atoms with Gasteiger partial charge in [0.15, 0.2) is 5.78 Å². The lowest BCUT2D eigenvalue weighted by molar-refractivity contribution is -0.138. The van der Waals surface area contributed by atoms with E-state index in [2.05, 4.69) is 46.2 Å². The zero-order valence-electron chi connectivity index (χ0n) is 25.8. The topological polar surface area (TPSA) is 126 Å². The van der Waals surface area contributed by atoms with Gasteiger partial charge < -0.3 is 15.1 Å². The van der Waals surface area contributed by atoms with Crippen LogP contribution in [-0.4, -0.2) is 83.8 Å². The third-order valence-electron chi connectivity index (χ3n) is 9.57. The molecule has 7 rings (SSSR count). The summed E-state index contributed by atoms with van der Waals surface area (Å²) in [6, 6.07) is 7.00. The van der Waals surface area contributed by atoms with Crippen molar-refractivity contribution in [2.24, 2.45) is 5.41 Å². The average molecular weight is 672 g/mol. The molecule has 0 spiro atoms. The van der Waals surface area contributed by atoms with Crippen molar-refractivity contribution in [3.63, 3.8) is 0 Å². The number of benzene rings is 1. The van der Waals surface area contributed by atoms with E-state index in [0.717, 1.165) is 53.8 Å². The van der Waals surface area contributed by atoms with E-state index < -0.39 is 6.04 Å². The highest BCUT2D eigenvalue weighted by atomic mass is 79.9. The molecule has 1 aliphatic carbocycles. The van der Waals surface area contributed by atoms with Crippen LogP contribution in [-0.2, 0) is 16.1 Å². The van der Waals surface area contributed by atoms with Crippen molar-refractivity contribution in [1.82, 2.24) is 34.5 Å². The van der Waals surface area contributed by atoms with E-state index in [1.54, 1.807) is 22.0 Å². The molecule has 1 saturated carbocycles. The first-order chi connectivity index (χ1) is 21.5. The summed E-state index contributed by atoms with van der Waals surface area (Å²) < 4.78 is 2.26. The minimum Gasteiger partial charge on any atom is -0.325 e. The van der Waals surface area contributed by atoms with Crippen LogP contribution in [0.3, 0.4) is 0 Å². The number of nitrogens with zero attached hydrogens (tertiary/aromatic N) is 7. The molecule has 3 aliphatic rings. The van der Waals surface area contributed by atoms with Gasteiger partial charge >= 0.3 is 0 Å². The fourth-order valence-corrected chi connectivity index (χ4v) is 7.39. The Kier molecular flexibility index (Phi) is 7.31. The molecule has 4 aromatic rings. The molecule has 232 valence electrons. The number of aromatic nitrogens is 5. The molecule has 2 saturated heterocycles. The standard InChI is InChI=1S/C33H35BrN8O3/c1-18-6-7-27(34)37-31(18)38-32(45)25-12-33(17-40-8-5-9-40)13-26(33)42(25)28(44)16-41-30-19(2)10-22(23-14-35-21(4)36-15-23)11-24(30)29(39-41)20(3)43/h6-7,10-11,14-15,25-26H,5,8-9,12-13,16-17H2,1-4H3,(H,37,38,45)/t25-,26+,33-/m0/s1. The number of pyridine rings is 1. The lowest BCUT2D eigenvalue weighted by Gasteiger charge is -2.33. The molecule has 3 fully saturated rings. The Hall–Kier alpha value is -4.03. The zero-order valence-corrected chi connectivity index (χ0v) is 27.4. The number of piperidine rings is 1. The van der Waals surface area contributed by atoms with E-state index in [1.165, 1.54) is 13.3 Å². The van der Waals surface area contributed by atoms with Crippen LogP contribution in [0.25, 0.3) is 22.0 Å². The molecule has 2 amide bonds. The van der Waals surface area contributed by atoms with Crippen LogP contribution in [0.2, 0.25) is 0 Å². The number of carbonyl (C=O) groups is 3. The monoisotopic (exact) mass is 670 g/mol. The van der Waals surface area contributed by atoms with Gasteiger partial charge in [0.1, 0.15) is 34.5 Å². The van der Waals surface area contributed by atoms with Crippen molar-refractivity contribution in [1.29, 1.82) is 0 Å². The zero-order chi connectivity index (χ0) is 31.6. The van der Waals surface area contributed by atoms with Gasteiger partial charge in [0.25, 0.3) is 0 Å². The van der Waals surface area contributed by atoms with E-state index in [4.69, 9.17) is 0 Å². The van der Waals surface area contributed by atoms with E-state index in [9.17, 15) is 14.4 Å². The summed E-state index contributed by atoms with van der Waals surface area (Å²) in [5.74, 6) is 0.552. The third-order valence-corrected chi connectivity index (χ3v) is 10.0. The predicted octanol–water partition coefficient (Wildman–Crippen LogP) is 4.48. The number of likely N-dealkylation sites (tertiary alicyclic amines) is 2. The van der Waals surface area contributed by atoms with Crippen molar-refractivity contribution in [3.05, 3.63) is 63.9 Å². The summed E-state index contributed by atoms with van der Waals surface area (Å²) in [6.07, 6.45) is 6.20. The quantitative estimate of drug-likeness (QED) is 0.215. The van der Waals surface area contributed by atoms with Gasteiger partial charge in [-0.1, -0.05) is 6.07 Å². The molecule has 0 unspecified atom stereocenters. The second-order valence-corrected chi connectivity index (χ2v) is 13.6. The van der Waals surface area contributed by atoms with Gasteiger partial charge in [-0.15, -0.1) is 0 Å². The number of ketones is 1. The Morgan fingerprint density at radius 1 is 1.02 bits per heavy atom. The van der Waals surface area contributed by atoms with E-state index in [0.29, 0.717) is 33.7 Å². The number of halogens is 1. The molecule has 12 heteroatoms. The Bertz CT molecular complexity index is 1870. The second kappa shape index (κ2) is 11.1. The molecule has 5 heterocycles. The number of hydrogen-bond acceptors (Lipinski definition) is 8. The summed E-state index contributed by atoms with van der Waals surface area (Å²) in [7, 11) is 0. The summed E-state index contributed by atoms with van der Waals surface area (Å²) in [5.41, 5.74) is 4.36. The highest BCUT2D eigenvalue weighted by Gasteiger charge is 2.67. The van der Waals surface area contributed by atoms with Gasteiger partial charge in [-0.3, -0.25) is 19.1 Å². The van der Waals surface area contributed by atoms with Crippen LogP contribution >= 0.6 is 15.9 Å². The first-order valence-electron chi connectivity index (χ1n) is 15.3. The van der Waals surface area contributed by atoms with Gasteiger partial charge in [0, 0.05) is 48.3 Å². The first kappa shape index (κ1) is 29.7. The number of nitrogens with one attached hydrogen (secondary N) is 1. The largest absolute Gasteiger partial charge is 0.325 e. The van der Waals surface area contributed by atoms with Crippen molar-refractivity contribution in [2.45, 2.75) is 65.6 Å². The first-order valence-corrected chi connectivity index (χ1v) is 16.1. The van der Waals surface area contributed by atoms with Gasteiger partial charge in [0.05, 0.1) is 5.52 Å². The fraction of sp³-hybridized carbons (Fsp3) is 0.424. The Balaban J connectivity index is 1.21. The lowest BCUT2D eigenvalue weighted by Crippen LogP contribution is -2.47. The molecule has 3 atom stereocenters. The van der Waals surface area contributed by atoms with Gasteiger partial charge in [-0.25, -0.2) is 15.0 Å². The van der Waals surface area contributed by atoms with Gasteiger partial charge in [-0.05, 0) is 104 Å². The molecule has 2 aliphatic heterocycles. The van der Waals surface area contributed by atoms with E-state index >= 15 is 0 Å². The van der Waals surface area contributed by atoms with Crippen molar-refractivity contribution < 1.29 is 14.4 Å². The van der Waals surface area contributed by atoms with Crippen LogP contribution < -0.4 is 5.32 Å². The third kappa shape index (κ3) is 5.33. The van der Waals surface area contributed by atoms with E-state index in [1.807, 2.05) is 45.0 Å². The van der Waals surface area contributed by atoms with Gasteiger partial charge in [-0.2, -0.15) is 5.10 Å². The second-order valence-electron chi connectivity index (χ2n) is 12.8. The molecule has 11 nitrogen and oxygen atoms in total. The fourth-order valence-electron chi connectivity index (χ4n) is 7.08. The summed E-state index contributed by atoms with van der Waals surface area (Å²) in [5, 5.41) is 8.34. The Morgan fingerprint density at radius 3 is 2.47 bits per heavy atom. The lowest BCUT2D eigenvalue weighted by atomic mass is 9.97. The number of Topliss-reactive ketones (excluding diaryl/α,β-unsaturated/α-hetero) is 1. The number of fused-ring (bicyclic) bond motifs is 2. The summed E-state index contributed by atoms with van der Waals surface area (Å²) in [6.45, 7) is 10.1. The smallest absolute Gasteiger partial charge is 0.248 e. The minimum absolute atomic E-state index is 0.0127. The maximum atomic E-state index is 14.3. The summed E-state index contributed by atoms with van der Waals surface area (Å²) >= 11 is 3.39. The predicted molar refractivity (Wildman–Crippen MR) is 173 cm³/mol. The van der Waals surface area contributed by atoms with Crippen LogP contribution in [0, 0.1) is 26.2 Å². The molecular weight excluding hydrogens is 636 g/mol. The normalized spacial score (nSPS) is 22.3.